The fraction of sp³-hybridized carbons (Fsp3) is 0.211. The van der Waals surface area contributed by atoms with Crippen molar-refractivity contribution in [3.8, 4) is 0 Å². The maximum atomic E-state index is 12.6. The summed E-state index contributed by atoms with van der Waals surface area (Å²) in [4.78, 5) is 35.3. The topological polar surface area (TPSA) is 72.5 Å². The lowest BCUT2D eigenvalue weighted by Gasteiger charge is -2.09. The summed E-state index contributed by atoms with van der Waals surface area (Å²) >= 11 is 0. The zero-order valence-electron chi connectivity index (χ0n) is 14.9. The minimum atomic E-state index is -4.64. The van der Waals surface area contributed by atoms with Crippen molar-refractivity contribution in [2.75, 3.05) is 13.2 Å². The van der Waals surface area contributed by atoms with Gasteiger partial charge >= 0.3 is 18.3 Å². The first-order valence-electron chi connectivity index (χ1n) is 8.19. The van der Waals surface area contributed by atoms with Crippen molar-refractivity contribution in [1.82, 2.24) is 5.32 Å². The van der Waals surface area contributed by atoms with Crippen molar-refractivity contribution in [3.63, 3.8) is 0 Å². The lowest BCUT2D eigenvalue weighted by molar-refractivity contribution is -0.141. The van der Waals surface area contributed by atoms with Crippen LogP contribution >= 0.6 is 0 Å². The van der Waals surface area contributed by atoms with Crippen LogP contribution in [0.25, 0.3) is 0 Å². The summed E-state index contributed by atoms with van der Waals surface area (Å²) in [6, 6.07) is 6.77. The summed E-state index contributed by atoms with van der Waals surface area (Å²) in [5, 5.41) is 2.09. The minimum absolute atomic E-state index is 0.143. The van der Waals surface area contributed by atoms with E-state index < -0.39 is 54.3 Å². The number of Topliss-reactive ketones (excluding diaryl/α,β-unsaturated/α-hetero) is 1. The van der Waals surface area contributed by atoms with Crippen LogP contribution in [0.4, 0.5) is 26.3 Å². The molecule has 0 radical (unpaired) electrons. The molecule has 0 aliphatic heterocycles. The highest BCUT2D eigenvalue weighted by Crippen LogP contribution is 2.30. The van der Waals surface area contributed by atoms with Gasteiger partial charge in [-0.2, -0.15) is 26.3 Å². The lowest BCUT2D eigenvalue weighted by Crippen LogP contribution is -2.31. The number of nitrogens with one attached hydrogen (secondary N) is 1. The monoisotopic (exact) mass is 433 g/mol. The zero-order chi connectivity index (χ0) is 22.5. The van der Waals surface area contributed by atoms with Crippen molar-refractivity contribution in [2.45, 2.75) is 12.4 Å². The Kier molecular flexibility index (Phi) is 6.85. The highest BCUT2D eigenvalue weighted by atomic mass is 19.4. The first-order chi connectivity index (χ1) is 13.9. The molecule has 160 valence electrons. The summed E-state index contributed by atoms with van der Waals surface area (Å²) in [6.45, 7) is -1.55. The summed E-state index contributed by atoms with van der Waals surface area (Å²) in [5.74, 6) is -2.80. The van der Waals surface area contributed by atoms with Crippen molar-refractivity contribution in [2.24, 2.45) is 0 Å². The van der Waals surface area contributed by atoms with E-state index in [2.05, 4.69) is 10.1 Å². The van der Waals surface area contributed by atoms with Gasteiger partial charge in [-0.15, -0.1) is 0 Å². The predicted molar refractivity (Wildman–Crippen MR) is 90.5 cm³/mol. The van der Waals surface area contributed by atoms with Crippen molar-refractivity contribution >= 4 is 17.7 Å². The van der Waals surface area contributed by atoms with Crippen LogP contribution in [-0.4, -0.2) is 30.8 Å². The molecule has 0 aliphatic carbocycles. The van der Waals surface area contributed by atoms with Gasteiger partial charge in [-0.05, 0) is 36.4 Å². The molecule has 0 aromatic heterocycles. The second kappa shape index (κ2) is 8.97. The Morgan fingerprint density at radius 3 is 1.97 bits per heavy atom. The van der Waals surface area contributed by atoms with Crippen LogP contribution in [0.2, 0.25) is 0 Å². The van der Waals surface area contributed by atoms with Crippen LogP contribution in [0.1, 0.15) is 31.8 Å². The zero-order valence-corrected chi connectivity index (χ0v) is 14.9. The highest BCUT2D eigenvalue weighted by Gasteiger charge is 2.31. The number of hydrogen-bond donors (Lipinski definition) is 1. The molecule has 0 fully saturated rings. The van der Waals surface area contributed by atoms with E-state index in [0.29, 0.717) is 18.2 Å². The van der Waals surface area contributed by atoms with Gasteiger partial charge in [0.25, 0.3) is 5.91 Å². The Morgan fingerprint density at radius 2 is 1.40 bits per heavy atom. The van der Waals surface area contributed by atoms with E-state index in [1.807, 2.05) is 0 Å². The summed E-state index contributed by atoms with van der Waals surface area (Å²) in [6.07, 6.45) is -9.21. The Labute approximate surface area is 165 Å². The number of ether oxygens (including phenoxy) is 1. The molecule has 0 atom stereocenters. The SMILES string of the molecule is O=C(CNC(=O)c1ccc(C(F)(F)F)cc1)OCC(=O)c1cccc(C(F)(F)F)c1. The van der Waals surface area contributed by atoms with Gasteiger partial charge in [0.2, 0.25) is 0 Å². The van der Waals surface area contributed by atoms with Gasteiger partial charge in [-0.1, -0.05) is 12.1 Å². The molecule has 5 nitrogen and oxygen atoms in total. The molecule has 2 aromatic rings. The fourth-order valence-electron chi connectivity index (χ4n) is 2.21. The third kappa shape index (κ3) is 6.33. The van der Waals surface area contributed by atoms with Gasteiger partial charge in [0.05, 0.1) is 11.1 Å². The largest absolute Gasteiger partial charge is 0.456 e. The quantitative estimate of drug-likeness (QED) is 0.427. The standard InChI is InChI=1S/C19H13F6NO4/c20-18(21,22)13-6-4-11(5-7-13)17(29)26-9-16(28)30-10-15(27)12-2-1-3-14(8-12)19(23,24)25/h1-8H,9-10H2,(H,26,29). The Balaban J connectivity index is 1.85. The molecule has 0 unspecified atom stereocenters. The third-order valence-electron chi connectivity index (χ3n) is 3.74. The summed E-state index contributed by atoms with van der Waals surface area (Å²) in [7, 11) is 0. The molecule has 0 heterocycles. The molecule has 0 spiro atoms. The molecular formula is C19H13F6NO4. The normalized spacial score (nSPS) is 11.7. The van der Waals surface area contributed by atoms with Crippen LogP contribution < -0.4 is 5.32 Å². The second-order valence-electron chi connectivity index (χ2n) is 5.92. The molecule has 1 amide bonds. The van der Waals surface area contributed by atoms with Crippen LogP contribution in [0.15, 0.2) is 48.5 Å². The summed E-state index contributed by atoms with van der Waals surface area (Å²) < 4.78 is 80.0. The number of rotatable bonds is 6. The average Bonchev–Trinajstić information content (AvgIpc) is 2.69. The number of hydrogen-bond acceptors (Lipinski definition) is 4. The van der Waals surface area contributed by atoms with Crippen molar-refractivity contribution in [3.05, 3.63) is 70.8 Å². The number of carbonyl (C=O) groups excluding carboxylic acids is 3. The van der Waals surface area contributed by atoms with Crippen LogP contribution in [0.3, 0.4) is 0 Å². The second-order valence-corrected chi connectivity index (χ2v) is 5.92. The molecule has 0 saturated carbocycles. The average molecular weight is 433 g/mol. The smallest absolute Gasteiger partial charge is 0.416 e. The number of halogens is 6. The van der Waals surface area contributed by atoms with E-state index in [1.165, 1.54) is 0 Å². The molecule has 0 bridgehead atoms. The van der Waals surface area contributed by atoms with E-state index in [-0.39, 0.29) is 11.1 Å². The summed E-state index contributed by atoms with van der Waals surface area (Å²) in [5.41, 5.74) is -2.45. The van der Waals surface area contributed by atoms with Gasteiger partial charge in [-0.25, -0.2) is 0 Å². The van der Waals surface area contributed by atoms with E-state index in [0.717, 1.165) is 30.3 Å². The first-order valence-corrected chi connectivity index (χ1v) is 8.19. The number of benzene rings is 2. The molecule has 11 heteroatoms. The highest BCUT2D eigenvalue weighted by molar-refractivity contribution is 5.99. The molecule has 1 N–H and O–H groups in total. The number of ketones is 1. The fourth-order valence-corrected chi connectivity index (χ4v) is 2.21. The maximum Gasteiger partial charge on any atom is 0.416 e. The van der Waals surface area contributed by atoms with Crippen molar-refractivity contribution < 1.29 is 45.5 Å². The van der Waals surface area contributed by atoms with E-state index in [1.54, 1.807) is 0 Å². The van der Waals surface area contributed by atoms with Gasteiger partial charge in [0.15, 0.2) is 12.4 Å². The van der Waals surface area contributed by atoms with Gasteiger partial charge in [0, 0.05) is 11.1 Å². The van der Waals surface area contributed by atoms with Crippen LogP contribution in [0, 0.1) is 0 Å². The molecule has 0 saturated heterocycles. The first kappa shape index (κ1) is 22.9. The minimum Gasteiger partial charge on any atom is -0.456 e. The Morgan fingerprint density at radius 1 is 0.800 bits per heavy atom. The number of carbonyl (C=O) groups is 3. The van der Waals surface area contributed by atoms with Gasteiger partial charge in [-0.3, -0.25) is 14.4 Å². The Bertz CT molecular complexity index is 935. The van der Waals surface area contributed by atoms with Crippen molar-refractivity contribution in [1.29, 1.82) is 0 Å². The molecule has 30 heavy (non-hydrogen) atoms. The molecular weight excluding hydrogens is 420 g/mol. The van der Waals surface area contributed by atoms with Crippen LogP contribution in [0.5, 0.6) is 0 Å². The van der Waals surface area contributed by atoms with Crippen LogP contribution in [-0.2, 0) is 21.9 Å². The number of alkyl halides is 6. The number of esters is 1. The predicted octanol–water partition coefficient (Wildman–Crippen LogP) is 3.88. The maximum absolute atomic E-state index is 12.6. The lowest BCUT2D eigenvalue weighted by atomic mass is 10.1. The molecule has 2 aromatic carbocycles. The van der Waals surface area contributed by atoms with Gasteiger partial charge in [0.1, 0.15) is 6.54 Å². The molecule has 2 rings (SSSR count). The number of amides is 1. The van der Waals surface area contributed by atoms with E-state index in [9.17, 15) is 40.7 Å². The molecule has 0 aliphatic rings. The Hall–Kier alpha value is -3.37. The van der Waals surface area contributed by atoms with E-state index >= 15 is 0 Å². The van der Waals surface area contributed by atoms with E-state index in [4.69, 9.17) is 0 Å². The van der Waals surface area contributed by atoms with Gasteiger partial charge < -0.3 is 10.1 Å². The third-order valence-corrected chi connectivity index (χ3v) is 3.74.